The van der Waals surface area contributed by atoms with E-state index in [1.807, 2.05) is 44.3 Å². The highest BCUT2D eigenvalue weighted by Crippen LogP contribution is 2.24. The molecule has 0 unspecified atom stereocenters. The van der Waals surface area contributed by atoms with Crippen LogP contribution < -0.4 is 10.1 Å². The molecule has 0 atom stereocenters. The fraction of sp³-hybridized carbons (Fsp3) is 0.333. The van der Waals surface area contributed by atoms with Crippen LogP contribution in [0, 0.1) is 6.92 Å². The average molecular weight is 257 g/mol. The molecule has 2 aromatic rings. The zero-order chi connectivity index (χ0) is 13.7. The molecule has 0 fully saturated rings. The predicted molar refractivity (Wildman–Crippen MR) is 76.8 cm³/mol. The van der Waals surface area contributed by atoms with Crippen molar-refractivity contribution in [3.05, 3.63) is 41.7 Å². The number of benzene rings is 1. The van der Waals surface area contributed by atoms with Gasteiger partial charge >= 0.3 is 0 Å². The molecule has 0 aliphatic carbocycles. The average Bonchev–Trinajstić information content (AvgIpc) is 2.41. The van der Waals surface area contributed by atoms with Gasteiger partial charge in [-0.05, 0) is 25.0 Å². The van der Waals surface area contributed by atoms with Gasteiger partial charge in [-0.2, -0.15) is 4.98 Å². The summed E-state index contributed by atoms with van der Waals surface area (Å²) in [6.07, 6.45) is 1.86. The lowest BCUT2D eigenvalue weighted by Gasteiger charge is -2.10. The number of aryl methyl sites for hydroxylation is 2. The number of nitrogens with zero attached hydrogens (tertiary/aromatic N) is 2. The van der Waals surface area contributed by atoms with Crippen LogP contribution in [0.15, 0.2) is 30.3 Å². The van der Waals surface area contributed by atoms with Crippen LogP contribution in [0.25, 0.3) is 0 Å². The molecule has 100 valence electrons. The monoisotopic (exact) mass is 257 g/mol. The van der Waals surface area contributed by atoms with Gasteiger partial charge in [-0.25, -0.2) is 4.98 Å². The number of anilines is 1. The molecule has 0 saturated carbocycles. The fourth-order valence-corrected chi connectivity index (χ4v) is 1.77. The number of hydrogen-bond acceptors (Lipinski definition) is 4. The highest BCUT2D eigenvalue weighted by Gasteiger charge is 2.06. The van der Waals surface area contributed by atoms with E-state index in [2.05, 4.69) is 22.2 Å². The van der Waals surface area contributed by atoms with Gasteiger partial charge in [-0.3, -0.25) is 0 Å². The summed E-state index contributed by atoms with van der Waals surface area (Å²) in [5.74, 6) is 2.99. The topological polar surface area (TPSA) is 47.0 Å². The summed E-state index contributed by atoms with van der Waals surface area (Å²) in [6.45, 7) is 4.12. The van der Waals surface area contributed by atoms with Gasteiger partial charge in [-0.1, -0.05) is 25.1 Å². The van der Waals surface area contributed by atoms with Gasteiger partial charge in [0.2, 0.25) is 5.88 Å². The maximum Gasteiger partial charge on any atom is 0.224 e. The molecule has 1 aromatic carbocycles. The Bertz CT molecular complexity index is 555. The van der Waals surface area contributed by atoms with Crippen LogP contribution in [-0.2, 0) is 6.42 Å². The van der Waals surface area contributed by atoms with Crippen molar-refractivity contribution < 1.29 is 4.74 Å². The van der Waals surface area contributed by atoms with Crippen LogP contribution in [-0.4, -0.2) is 17.0 Å². The quantitative estimate of drug-likeness (QED) is 0.889. The Labute approximate surface area is 113 Å². The summed E-state index contributed by atoms with van der Waals surface area (Å²) in [7, 11) is 1.84. The molecular formula is C15H19N3O. The fourth-order valence-electron chi connectivity index (χ4n) is 1.77. The lowest BCUT2D eigenvalue weighted by molar-refractivity contribution is 0.455. The molecule has 0 spiro atoms. The molecule has 0 aliphatic heterocycles. The maximum atomic E-state index is 5.85. The molecule has 0 radical (unpaired) electrons. The van der Waals surface area contributed by atoms with E-state index >= 15 is 0 Å². The minimum Gasteiger partial charge on any atom is -0.439 e. The van der Waals surface area contributed by atoms with E-state index < -0.39 is 0 Å². The largest absolute Gasteiger partial charge is 0.439 e. The zero-order valence-corrected chi connectivity index (χ0v) is 11.6. The standard InChI is InChI=1S/C15H19N3O/c1-4-7-13-17-14(16-3)10-15(18-13)19-12-9-6-5-8-11(12)2/h5-6,8-10H,4,7H2,1-3H3,(H,16,17,18). The van der Waals surface area contributed by atoms with E-state index in [9.17, 15) is 0 Å². The van der Waals surface area contributed by atoms with Gasteiger partial charge in [0.1, 0.15) is 17.4 Å². The summed E-state index contributed by atoms with van der Waals surface area (Å²) in [6, 6.07) is 9.71. The predicted octanol–water partition coefficient (Wildman–Crippen LogP) is 3.57. The SMILES string of the molecule is CCCc1nc(NC)cc(Oc2ccccc2C)n1. The number of nitrogens with one attached hydrogen (secondary N) is 1. The van der Waals surface area contributed by atoms with Crippen molar-refractivity contribution in [2.45, 2.75) is 26.7 Å². The first-order valence-corrected chi connectivity index (χ1v) is 6.52. The molecular weight excluding hydrogens is 238 g/mol. The number of hydrogen-bond donors (Lipinski definition) is 1. The first kappa shape index (κ1) is 13.3. The molecule has 19 heavy (non-hydrogen) atoms. The first-order valence-electron chi connectivity index (χ1n) is 6.52. The first-order chi connectivity index (χ1) is 9.22. The van der Waals surface area contributed by atoms with E-state index in [0.29, 0.717) is 5.88 Å². The number of para-hydroxylation sites is 1. The maximum absolute atomic E-state index is 5.85. The van der Waals surface area contributed by atoms with Gasteiger partial charge in [0, 0.05) is 19.5 Å². The highest BCUT2D eigenvalue weighted by molar-refractivity contribution is 5.41. The Morgan fingerprint density at radius 1 is 1.21 bits per heavy atom. The molecule has 0 saturated heterocycles. The molecule has 4 heteroatoms. The molecule has 4 nitrogen and oxygen atoms in total. The van der Waals surface area contributed by atoms with Crippen LogP contribution in [0.1, 0.15) is 24.7 Å². The molecule has 0 aliphatic rings. The smallest absolute Gasteiger partial charge is 0.224 e. The van der Waals surface area contributed by atoms with Crippen molar-refractivity contribution in [3.8, 4) is 11.6 Å². The third kappa shape index (κ3) is 3.44. The van der Waals surface area contributed by atoms with Crippen LogP contribution in [0.5, 0.6) is 11.6 Å². The van der Waals surface area contributed by atoms with Crippen LogP contribution in [0.3, 0.4) is 0 Å². The minimum absolute atomic E-state index is 0.581. The molecule has 1 N–H and O–H groups in total. The lowest BCUT2D eigenvalue weighted by atomic mass is 10.2. The van der Waals surface area contributed by atoms with E-state index in [4.69, 9.17) is 4.74 Å². The number of aromatic nitrogens is 2. The van der Waals surface area contributed by atoms with Gasteiger partial charge in [0.25, 0.3) is 0 Å². The second-order valence-corrected chi connectivity index (χ2v) is 4.38. The number of ether oxygens (including phenoxy) is 1. The van der Waals surface area contributed by atoms with Gasteiger partial charge in [0.05, 0.1) is 0 Å². The Balaban J connectivity index is 2.29. The third-order valence-corrected chi connectivity index (χ3v) is 2.79. The van der Waals surface area contributed by atoms with E-state index in [-0.39, 0.29) is 0 Å². The van der Waals surface area contributed by atoms with Crippen molar-refractivity contribution in [2.75, 3.05) is 12.4 Å². The van der Waals surface area contributed by atoms with E-state index in [1.54, 1.807) is 0 Å². The van der Waals surface area contributed by atoms with Gasteiger partial charge in [-0.15, -0.1) is 0 Å². The molecule has 1 heterocycles. The lowest BCUT2D eigenvalue weighted by Crippen LogP contribution is -2.02. The van der Waals surface area contributed by atoms with Gasteiger partial charge < -0.3 is 10.1 Å². The van der Waals surface area contributed by atoms with Crippen molar-refractivity contribution in [3.63, 3.8) is 0 Å². The van der Waals surface area contributed by atoms with Crippen LogP contribution in [0.4, 0.5) is 5.82 Å². The Morgan fingerprint density at radius 2 is 2.00 bits per heavy atom. The summed E-state index contributed by atoms with van der Waals surface area (Å²) >= 11 is 0. The van der Waals surface area contributed by atoms with Crippen molar-refractivity contribution in [1.82, 2.24) is 9.97 Å². The second kappa shape index (κ2) is 6.18. The van der Waals surface area contributed by atoms with E-state index in [1.165, 1.54) is 0 Å². The Hall–Kier alpha value is -2.10. The third-order valence-electron chi connectivity index (χ3n) is 2.79. The van der Waals surface area contributed by atoms with Crippen LogP contribution in [0.2, 0.25) is 0 Å². The second-order valence-electron chi connectivity index (χ2n) is 4.38. The van der Waals surface area contributed by atoms with Crippen molar-refractivity contribution >= 4 is 5.82 Å². The highest BCUT2D eigenvalue weighted by atomic mass is 16.5. The van der Waals surface area contributed by atoms with Crippen molar-refractivity contribution in [2.24, 2.45) is 0 Å². The Kier molecular flexibility index (Phi) is 4.34. The minimum atomic E-state index is 0.581. The van der Waals surface area contributed by atoms with Crippen LogP contribution >= 0.6 is 0 Å². The molecule has 1 aromatic heterocycles. The van der Waals surface area contributed by atoms with Gasteiger partial charge in [0.15, 0.2) is 0 Å². The normalized spacial score (nSPS) is 10.3. The summed E-state index contributed by atoms with van der Waals surface area (Å²) in [5.41, 5.74) is 1.09. The number of rotatable bonds is 5. The summed E-state index contributed by atoms with van der Waals surface area (Å²) in [4.78, 5) is 8.84. The Morgan fingerprint density at radius 3 is 2.68 bits per heavy atom. The summed E-state index contributed by atoms with van der Waals surface area (Å²) < 4.78 is 5.85. The zero-order valence-electron chi connectivity index (χ0n) is 11.6. The van der Waals surface area contributed by atoms with Crippen molar-refractivity contribution in [1.29, 1.82) is 0 Å². The van der Waals surface area contributed by atoms with E-state index in [0.717, 1.165) is 35.8 Å². The molecule has 0 amide bonds. The summed E-state index contributed by atoms with van der Waals surface area (Å²) in [5, 5.41) is 3.04. The molecule has 2 rings (SSSR count). The molecule has 0 bridgehead atoms.